The van der Waals surface area contributed by atoms with E-state index < -0.39 is 0 Å². The molecule has 0 radical (unpaired) electrons. The third kappa shape index (κ3) is 2.99. The fraction of sp³-hybridized carbons (Fsp3) is 0.0833. The van der Waals surface area contributed by atoms with Crippen molar-refractivity contribution in [1.82, 2.24) is 14.8 Å². The Morgan fingerprint density at radius 3 is 2.57 bits per heavy atom. The van der Waals surface area contributed by atoms with Crippen LogP contribution >= 0.6 is 0 Å². The van der Waals surface area contributed by atoms with Crippen molar-refractivity contribution < 1.29 is 4.74 Å². The first-order chi connectivity index (χ1) is 13.8. The van der Waals surface area contributed by atoms with E-state index in [2.05, 4.69) is 41.4 Å². The number of pyridine rings is 1. The van der Waals surface area contributed by atoms with E-state index in [0.29, 0.717) is 6.61 Å². The fourth-order valence-corrected chi connectivity index (χ4v) is 3.49. The third-order valence-electron chi connectivity index (χ3n) is 4.91. The number of rotatable bonds is 4. The summed E-state index contributed by atoms with van der Waals surface area (Å²) in [4.78, 5) is 4.68. The van der Waals surface area contributed by atoms with E-state index >= 15 is 0 Å². The summed E-state index contributed by atoms with van der Waals surface area (Å²) in [6.07, 6.45) is 0. The minimum Gasteiger partial charge on any atom is -0.487 e. The van der Waals surface area contributed by atoms with Crippen molar-refractivity contribution in [2.24, 2.45) is 7.05 Å². The Labute approximate surface area is 163 Å². The van der Waals surface area contributed by atoms with Gasteiger partial charge in [-0.25, -0.2) is 4.98 Å². The summed E-state index contributed by atoms with van der Waals surface area (Å²) in [6.45, 7) is 0.428. The molecule has 0 saturated carbocycles. The van der Waals surface area contributed by atoms with Crippen LogP contribution in [0.5, 0.6) is 5.75 Å². The van der Waals surface area contributed by atoms with Gasteiger partial charge in [-0.3, -0.25) is 4.68 Å². The first kappa shape index (κ1) is 16.5. The van der Waals surface area contributed by atoms with Gasteiger partial charge in [-0.05, 0) is 30.3 Å². The van der Waals surface area contributed by atoms with Crippen molar-refractivity contribution in [2.75, 3.05) is 0 Å². The molecule has 0 aliphatic rings. The van der Waals surface area contributed by atoms with E-state index in [1.165, 1.54) is 0 Å². The second-order valence-electron chi connectivity index (χ2n) is 6.80. The average molecular weight is 365 g/mol. The molecular formula is C24H19N3O. The van der Waals surface area contributed by atoms with Crippen molar-refractivity contribution in [3.8, 4) is 17.0 Å². The first-order valence-corrected chi connectivity index (χ1v) is 9.27. The van der Waals surface area contributed by atoms with Crippen molar-refractivity contribution in [3.63, 3.8) is 0 Å². The number of aryl methyl sites for hydroxylation is 1. The third-order valence-corrected chi connectivity index (χ3v) is 4.91. The van der Waals surface area contributed by atoms with Gasteiger partial charge in [0.05, 0.1) is 16.7 Å². The second kappa shape index (κ2) is 6.82. The molecule has 28 heavy (non-hydrogen) atoms. The quantitative estimate of drug-likeness (QED) is 0.430. The lowest BCUT2D eigenvalue weighted by Crippen LogP contribution is -1.98. The Morgan fingerprint density at radius 2 is 1.68 bits per heavy atom. The molecule has 0 bridgehead atoms. The zero-order valence-electron chi connectivity index (χ0n) is 15.5. The van der Waals surface area contributed by atoms with Gasteiger partial charge in [0, 0.05) is 23.4 Å². The van der Waals surface area contributed by atoms with Crippen LogP contribution in [0.1, 0.15) is 5.69 Å². The van der Waals surface area contributed by atoms with Crippen molar-refractivity contribution >= 4 is 21.8 Å². The minimum absolute atomic E-state index is 0.428. The molecule has 136 valence electrons. The standard InChI is InChI=1S/C24H19N3O/c1-27-23-14-13-20(15-21(23)24(26-27)18-8-3-2-4-9-18)28-16-19-12-11-17-7-5-6-10-22(17)25-19/h2-15H,16H2,1H3. The Morgan fingerprint density at radius 1 is 0.857 bits per heavy atom. The SMILES string of the molecule is Cn1nc(-c2ccccc2)c2cc(OCc3ccc4ccccc4n3)ccc21. The predicted octanol–water partition coefficient (Wildman–Crippen LogP) is 5.37. The van der Waals surface area contributed by atoms with Crippen LogP contribution in [0.2, 0.25) is 0 Å². The van der Waals surface area contributed by atoms with E-state index in [1.807, 2.05) is 60.3 Å². The maximum Gasteiger partial charge on any atom is 0.130 e. The van der Waals surface area contributed by atoms with Gasteiger partial charge < -0.3 is 4.74 Å². The maximum atomic E-state index is 6.05. The topological polar surface area (TPSA) is 39.9 Å². The molecule has 3 aromatic carbocycles. The number of hydrogen-bond acceptors (Lipinski definition) is 3. The van der Waals surface area contributed by atoms with Gasteiger partial charge in [0.15, 0.2) is 0 Å². The van der Waals surface area contributed by atoms with Crippen LogP contribution < -0.4 is 4.74 Å². The molecule has 4 nitrogen and oxygen atoms in total. The first-order valence-electron chi connectivity index (χ1n) is 9.27. The molecule has 0 saturated heterocycles. The van der Waals surface area contributed by atoms with E-state index in [9.17, 15) is 0 Å². The summed E-state index contributed by atoms with van der Waals surface area (Å²) in [5, 5.41) is 6.92. The van der Waals surface area contributed by atoms with Crippen LogP contribution in [0.3, 0.4) is 0 Å². The number of hydrogen-bond donors (Lipinski definition) is 0. The van der Waals surface area contributed by atoms with Gasteiger partial charge in [-0.2, -0.15) is 5.10 Å². The van der Waals surface area contributed by atoms with Crippen molar-refractivity contribution in [3.05, 3.63) is 90.6 Å². The maximum absolute atomic E-state index is 6.05. The Hall–Kier alpha value is -3.66. The average Bonchev–Trinajstić information content (AvgIpc) is 3.09. The molecule has 0 unspecified atom stereocenters. The highest BCUT2D eigenvalue weighted by Crippen LogP contribution is 2.30. The van der Waals surface area contributed by atoms with Crippen LogP contribution in [-0.2, 0) is 13.7 Å². The van der Waals surface area contributed by atoms with E-state index in [-0.39, 0.29) is 0 Å². The summed E-state index contributed by atoms with van der Waals surface area (Å²) in [5.74, 6) is 0.813. The zero-order chi connectivity index (χ0) is 18.9. The number of fused-ring (bicyclic) bond motifs is 2. The molecule has 5 rings (SSSR count). The number of ether oxygens (including phenoxy) is 1. The lowest BCUT2D eigenvalue weighted by molar-refractivity contribution is 0.302. The number of nitrogens with zero attached hydrogens (tertiary/aromatic N) is 3. The lowest BCUT2D eigenvalue weighted by Gasteiger charge is -2.07. The summed E-state index contributed by atoms with van der Waals surface area (Å²) in [5.41, 5.74) is 5.04. The molecule has 0 amide bonds. The minimum atomic E-state index is 0.428. The Balaban J connectivity index is 1.46. The highest BCUT2D eigenvalue weighted by atomic mass is 16.5. The molecule has 0 N–H and O–H groups in total. The Bertz CT molecular complexity index is 1280. The number of aromatic nitrogens is 3. The molecule has 4 heteroatoms. The van der Waals surface area contributed by atoms with E-state index in [4.69, 9.17) is 9.84 Å². The highest BCUT2D eigenvalue weighted by molar-refractivity contribution is 5.94. The molecular weight excluding hydrogens is 346 g/mol. The lowest BCUT2D eigenvalue weighted by atomic mass is 10.1. The fourth-order valence-electron chi connectivity index (χ4n) is 3.49. The number of para-hydroxylation sites is 1. The van der Waals surface area contributed by atoms with E-state index in [0.717, 1.165) is 44.5 Å². The predicted molar refractivity (Wildman–Crippen MR) is 112 cm³/mol. The zero-order valence-corrected chi connectivity index (χ0v) is 15.5. The molecule has 0 aliphatic carbocycles. The molecule has 0 spiro atoms. The highest BCUT2D eigenvalue weighted by Gasteiger charge is 2.11. The van der Waals surface area contributed by atoms with Crippen LogP contribution in [-0.4, -0.2) is 14.8 Å². The summed E-state index contributed by atoms with van der Waals surface area (Å²) in [6, 6.07) is 28.5. The van der Waals surface area contributed by atoms with Gasteiger partial charge in [0.1, 0.15) is 18.1 Å². The van der Waals surface area contributed by atoms with Crippen LogP contribution in [0.4, 0.5) is 0 Å². The number of benzene rings is 3. The second-order valence-corrected chi connectivity index (χ2v) is 6.80. The molecule has 0 aliphatic heterocycles. The monoisotopic (exact) mass is 365 g/mol. The normalized spacial score (nSPS) is 11.2. The molecule has 0 atom stereocenters. The Kier molecular flexibility index (Phi) is 4.02. The van der Waals surface area contributed by atoms with Crippen LogP contribution in [0.15, 0.2) is 84.9 Å². The molecule has 2 heterocycles. The molecule has 2 aromatic heterocycles. The van der Waals surface area contributed by atoms with Gasteiger partial charge in [-0.1, -0.05) is 54.6 Å². The van der Waals surface area contributed by atoms with Crippen molar-refractivity contribution in [1.29, 1.82) is 0 Å². The summed E-state index contributed by atoms with van der Waals surface area (Å²) < 4.78 is 7.96. The van der Waals surface area contributed by atoms with Gasteiger partial charge in [-0.15, -0.1) is 0 Å². The van der Waals surface area contributed by atoms with Crippen LogP contribution in [0, 0.1) is 0 Å². The van der Waals surface area contributed by atoms with Gasteiger partial charge in [0.25, 0.3) is 0 Å². The van der Waals surface area contributed by atoms with Crippen LogP contribution in [0.25, 0.3) is 33.1 Å². The molecule has 5 aromatic rings. The summed E-state index contributed by atoms with van der Waals surface area (Å²) in [7, 11) is 1.97. The van der Waals surface area contributed by atoms with Crippen molar-refractivity contribution in [2.45, 2.75) is 6.61 Å². The van der Waals surface area contributed by atoms with E-state index in [1.54, 1.807) is 0 Å². The summed E-state index contributed by atoms with van der Waals surface area (Å²) >= 11 is 0. The van der Waals surface area contributed by atoms with Gasteiger partial charge in [0.2, 0.25) is 0 Å². The smallest absolute Gasteiger partial charge is 0.130 e. The van der Waals surface area contributed by atoms with Gasteiger partial charge >= 0.3 is 0 Å². The largest absolute Gasteiger partial charge is 0.487 e. The molecule has 0 fully saturated rings.